The molecule has 2 heterocycles. The second-order valence-electron chi connectivity index (χ2n) is 4.93. The fourth-order valence-electron chi connectivity index (χ4n) is 2.54. The standard InChI is InChI=1S/C17H17N3O/c1-2-10-18-17(21)15-8-7-14(12-19-15)20-11-9-13-5-3-4-6-16(13)20/h2-8,12H,1,9-11H2,(H,18,21). The van der Waals surface area contributed by atoms with Crippen molar-refractivity contribution in [2.45, 2.75) is 6.42 Å². The van der Waals surface area contributed by atoms with Crippen molar-refractivity contribution in [1.82, 2.24) is 10.3 Å². The number of amides is 1. The van der Waals surface area contributed by atoms with Gasteiger partial charge >= 0.3 is 0 Å². The predicted molar refractivity (Wildman–Crippen MR) is 83.9 cm³/mol. The van der Waals surface area contributed by atoms with Gasteiger partial charge in [0.25, 0.3) is 5.91 Å². The second-order valence-corrected chi connectivity index (χ2v) is 4.93. The Hall–Kier alpha value is -2.62. The van der Waals surface area contributed by atoms with Crippen molar-refractivity contribution in [3.05, 3.63) is 66.5 Å². The smallest absolute Gasteiger partial charge is 0.270 e. The lowest BCUT2D eigenvalue weighted by atomic mass is 10.2. The Morgan fingerprint density at radius 2 is 2.19 bits per heavy atom. The summed E-state index contributed by atoms with van der Waals surface area (Å²) in [5, 5.41) is 2.72. The summed E-state index contributed by atoms with van der Waals surface area (Å²) in [5.41, 5.74) is 4.02. The summed E-state index contributed by atoms with van der Waals surface area (Å²) in [7, 11) is 0. The third-order valence-electron chi connectivity index (χ3n) is 3.59. The minimum atomic E-state index is -0.178. The van der Waals surface area contributed by atoms with Crippen LogP contribution in [0.4, 0.5) is 11.4 Å². The van der Waals surface area contributed by atoms with Crippen LogP contribution >= 0.6 is 0 Å². The molecule has 21 heavy (non-hydrogen) atoms. The van der Waals surface area contributed by atoms with Gasteiger partial charge in [-0.3, -0.25) is 4.79 Å². The molecule has 1 N–H and O–H groups in total. The number of carbonyl (C=O) groups is 1. The predicted octanol–water partition coefficient (Wildman–Crippen LogP) is 2.69. The second kappa shape index (κ2) is 5.79. The third-order valence-corrected chi connectivity index (χ3v) is 3.59. The van der Waals surface area contributed by atoms with E-state index in [1.54, 1.807) is 18.3 Å². The van der Waals surface area contributed by atoms with Crippen LogP contribution in [0.3, 0.4) is 0 Å². The maximum absolute atomic E-state index is 11.8. The van der Waals surface area contributed by atoms with Crippen LogP contribution in [0.1, 0.15) is 16.1 Å². The van der Waals surface area contributed by atoms with Crippen LogP contribution in [0.25, 0.3) is 0 Å². The first kappa shape index (κ1) is 13.4. The van der Waals surface area contributed by atoms with Gasteiger partial charge in [-0.1, -0.05) is 24.3 Å². The highest BCUT2D eigenvalue weighted by Gasteiger charge is 2.20. The van der Waals surface area contributed by atoms with E-state index >= 15 is 0 Å². The molecule has 0 spiro atoms. The molecule has 106 valence electrons. The first-order valence-corrected chi connectivity index (χ1v) is 7.00. The maximum atomic E-state index is 11.8. The van der Waals surface area contributed by atoms with E-state index in [9.17, 15) is 4.79 Å². The summed E-state index contributed by atoms with van der Waals surface area (Å²) < 4.78 is 0. The number of pyridine rings is 1. The molecule has 0 unspecified atom stereocenters. The summed E-state index contributed by atoms with van der Waals surface area (Å²) in [5.74, 6) is -0.178. The zero-order chi connectivity index (χ0) is 14.7. The minimum absolute atomic E-state index is 0.178. The number of para-hydroxylation sites is 1. The highest BCUT2D eigenvalue weighted by atomic mass is 16.1. The van der Waals surface area contributed by atoms with Crippen LogP contribution in [-0.4, -0.2) is 24.0 Å². The molecule has 0 aliphatic carbocycles. The van der Waals surface area contributed by atoms with Crippen LogP contribution < -0.4 is 10.2 Å². The van der Waals surface area contributed by atoms with E-state index in [4.69, 9.17) is 0 Å². The third kappa shape index (κ3) is 2.65. The Balaban J connectivity index is 1.79. The van der Waals surface area contributed by atoms with Crippen LogP contribution in [0.15, 0.2) is 55.3 Å². The number of benzene rings is 1. The van der Waals surface area contributed by atoms with Crippen molar-refractivity contribution in [3.8, 4) is 0 Å². The molecular formula is C17H17N3O. The highest BCUT2D eigenvalue weighted by Crippen LogP contribution is 2.33. The molecule has 4 nitrogen and oxygen atoms in total. The van der Waals surface area contributed by atoms with Crippen LogP contribution in [0, 0.1) is 0 Å². The van der Waals surface area contributed by atoms with E-state index in [2.05, 4.69) is 40.0 Å². The van der Waals surface area contributed by atoms with E-state index in [1.165, 1.54) is 11.3 Å². The molecule has 0 atom stereocenters. The average Bonchev–Trinajstić information content (AvgIpc) is 2.97. The van der Waals surface area contributed by atoms with Gasteiger partial charge in [0.2, 0.25) is 0 Å². The fraction of sp³-hybridized carbons (Fsp3) is 0.176. The van der Waals surface area contributed by atoms with Crippen LogP contribution in [0.5, 0.6) is 0 Å². The number of hydrogen-bond donors (Lipinski definition) is 1. The Labute approximate surface area is 124 Å². The van der Waals surface area contributed by atoms with E-state index < -0.39 is 0 Å². The molecule has 0 saturated heterocycles. The number of hydrogen-bond acceptors (Lipinski definition) is 3. The molecule has 1 aliphatic rings. The number of rotatable bonds is 4. The van der Waals surface area contributed by atoms with Gasteiger partial charge in [0.1, 0.15) is 5.69 Å². The lowest BCUT2D eigenvalue weighted by Crippen LogP contribution is -2.24. The lowest BCUT2D eigenvalue weighted by molar-refractivity contribution is 0.0953. The van der Waals surface area contributed by atoms with Crippen molar-refractivity contribution < 1.29 is 4.79 Å². The monoisotopic (exact) mass is 279 g/mol. The topological polar surface area (TPSA) is 45.2 Å². The van der Waals surface area contributed by atoms with Gasteiger partial charge in [0.15, 0.2) is 0 Å². The van der Waals surface area contributed by atoms with Gasteiger partial charge in [-0.15, -0.1) is 6.58 Å². The average molecular weight is 279 g/mol. The Morgan fingerprint density at radius 1 is 1.33 bits per heavy atom. The summed E-state index contributed by atoms with van der Waals surface area (Å²) in [6.45, 7) is 4.97. The van der Waals surface area contributed by atoms with Gasteiger partial charge in [0, 0.05) is 18.8 Å². The van der Waals surface area contributed by atoms with E-state index in [0.717, 1.165) is 18.7 Å². The van der Waals surface area contributed by atoms with Crippen molar-refractivity contribution >= 4 is 17.3 Å². The number of anilines is 2. The van der Waals surface area contributed by atoms with Crippen molar-refractivity contribution in [3.63, 3.8) is 0 Å². The van der Waals surface area contributed by atoms with Gasteiger partial charge in [-0.25, -0.2) is 4.98 Å². The Kier molecular flexibility index (Phi) is 3.69. The number of carbonyl (C=O) groups excluding carboxylic acids is 1. The summed E-state index contributed by atoms with van der Waals surface area (Å²) in [6, 6.07) is 12.1. The molecule has 1 aromatic carbocycles. The molecule has 4 heteroatoms. The molecule has 0 saturated carbocycles. The van der Waals surface area contributed by atoms with Crippen LogP contribution in [0.2, 0.25) is 0 Å². The zero-order valence-corrected chi connectivity index (χ0v) is 11.7. The number of nitrogens with zero attached hydrogens (tertiary/aromatic N) is 2. The molecule has 0 radical (unpaired) electrons. The number of aromatic nitrogens is 1. The summed E-state index contributed by atoms with van der Waals surface area (Å²) in [4.78, 5) is 18.3. The molecular weight excluding hydrogens is 262 g/mol. The Bertz CT molecular complexity index is 664. The van der Waals surface area contributed by atoms with Crippen LogP contribution in [-0.2, 0) is 6.42 Å². The van der Waals surface area contributed by atoms with Crippen molar-refractivity contribution in [1.29, 1.82) is 0 Å². The van der Waals surface area contributed by atoms with E-state index in [0.29, 0.717) is 12.2 Å². The first-order valence-electron chi connectivity index (χ1n) is 7.00. The molecule has 1 aliphatic heterocycles. The minimum Gasteiger partial charge on any atom is -0.347 e. The quantitative estimate of drug-likeness (QED) is 0.875. The lowest BCUT2D eigenvalue weighted by Gasteiger charge is -2.19. The largest absolute Gasteiger partial charge is 0.347 e. The van der Waals surface area contributed by atoms with Gasteiger partial charge in [-0.05, 0) is 30.2 Å². The summed E-state index contributed by atoms with van der Waals surface area (Å²) in [6.07, 6.45) is 4.44. The van der Waals surface area contributed by atoms with Crippen molar-refractivity contribution in [2.24, 2.45) is 0 Å². The van der Waals surface area contributed by atoms with Gasteiger partial charge < -0.3 is 10.2 Å². The van der Waals surface area contributed by atoms with Gasteiger partial charge in [-0.2, -0.15) is 0 Å². The maximum Gasteiger partial charge on any atom is 0.270 e. The number of nitrogens with one attached hydrogen (secondary N) is 1. The normalized spacial score (nSPS) is 12.9. The SMILES string of the molecule is C=CCNC(=O)c1ccc(N2CCc3ccccc32)cn1. The Morgan fingerprint density at radius 3 is 2.95 bits per heavy atom. The molecule has 3 rings (SSSR count). The molecule has 1 amide bonds. The first-order chi connectivity index (χ1) is 10.3. The number of fused-ring (bicyclic) bond motifs is 1. The van der Waals surface area contributed by atoms with E-state index in [1.807, 2.05) is 12.1 Å². The molecule has 0 bridgehead atoms. The molecule has 0 fully saturated rings. The zero-order valence-electron chi connectivity index (χ0n) is 11.7. The summed E-state index contributed by atoms with van der Waals surface area (Å²) >= 11 is 0. The molecule has 1 aromatic heterocycles. The van der Waals surface area contributed by atoms with E-state index in [-0.39, 0.29) is 5.91 Å². The molecule has 2 aromatic rings. The van der Waals surface area contributed by atoms with Crippen molar-refractivity contribution in [2.75, 3.05) is 18.0 Å². The fourth-order valence-corrected chi connectivity index (χ4v) is 2.54. The van der Waals surface area contributed by atoms with Gasteiger partial charge in [0.05, 0.1) is 11.9 Å². The highest BCUT2D eigenvalue weighted by molar-refractivity contribution is 5.92.